The summed E-state index contributed by atoms with van der Waals surface area (Å²) in [6.07, 6.45) is 0. The molecule has 1 aromatic rings. The second-order valence-corrected chi connectivity index (χ2v) is 7.61. The molecule has 108 valence electrons. The number of rotatable bonds is 6. The molecule has 0 saturated carbocycles. The van der Waals surface area contributed by atoms with Crippen molar-refractivity contribution in [2.75, 3.05) is 35.8 Å². The lowest BCUT2D eigenvalue weighted by Crippen LogP contribution is -2.26. The molecule has 0 saturated heterocycles. The van der Waals surface area contributed by atoms with Gasteiger partial charge in [-0.25, -0.2) is 8.42 Å². The third-order valence-corrected chi connectivity index (χ3v) is 4.98. The summed E-state index contributed by atoms with van der Waals surface area (Å²) in [4.78, 5) is 1.93. The average Bonchev–Trinajstić information content (AvgIpc) is 2.27. The standard InChI is InChI=1S/C13H21ClN2O2S/c1-5-19(17,18)9-10(2)15-11-6-7-13(16(3)4)12(14)8-11/h6-8,10,15H,5,9H2,1-4H3. The fraction of sp³-hybridized carbons (Fsp3) is 0.538. The van der Waals surface area contributed by atoms with Crippen LogP contribution in [0.25, 0.3) is 0 Å². The predicted molar refractivity (Wildman–Crippen MR) is 83.2 cm³/mol. The normalized spacial score (nSPS) is 13.1. The van der Waals surface area contributed by atoms with E-state index in [0.717, 1.165) is 11.4 Å². The number of anilines is 2. The number of nitrogens with zero attached hydrogens (tertiary/aromatic N) is 1. The van der Waals surface area contributed by atoms with Gasteiger partial charge in [-0.1, -0.05) is 18.5 Å². The maximum Gasteiger partial charge on any atom is 0.152 e. The molecule has 0 fully saturated rings. The maximum absolute atomic E-state index is 11.5. The van der Waals surface area contributed by atoms with Crippen molar-refractivity contribution >= 4 is 32.8 Å². The third kappa shape index (κ3) is 4.91. The molecule has 6 heteroatoms. The molecule has 19 heavy (non-hydrogen) atoms. The van der Waals surface area contributed by atoms with Gasteiger partial charge in [0, 0.05) is 31.6 Å². The van der Waals surface area contributed by atoms with Gasteiger partial charge in [0.25, 0.3) is 0 Å². The highest BCUT2D eigenvalue weighted by atomic mass is 35.5. The Balaban J connectivity index is 2.76. The highest BCUT2D eigenvalue weighted by molar-refractivity contribution is 7.91. The van der Waals surface area contributed by atoms with Crippen molar-refractivity contribution in [2.24, 2.45) is 0 Å². The summed E-state index contributed by atoms with van der Waals surface area (Å²) in [6, 6.07) is 5.47. The van der Waals surface area contributed by atoms with Crippen LogP contribution in [-0.4, -0.2) is 40.1 Å². The fourth-order valence-corrected chi connectivity index (χ4v) is 3.21. The molecule has 0 aliphatic carbocycles. The molecule has 0 heterocycles. The first-order valence-electron chi connectivity index (χ1n) is 6.19. The number of sulfone groups is 1. The molecule has 1 atom stereocenters. The quantitative estimate of drug-likeness (QED) is 0.878. The van der Waals surface area contributed by atoms with Crippen LogP contribution in [0.1, 0.15) is 13.8 Å². The van der Waals surface area contributed by atoms with E-state index < -0.39 is 9.84 Å². The summed E-state index contributed by atoms with van der Waals surface area (Å²) in [7, 11) is 0.869. The molecule has 0 aliphatic heterocycles. The van der Waals surface area contributed by atoms with Crippen LogP contribution < -0.4 is 10.2 Å². The molecule has 0 radical (unpaired) electrons. The van der Waals surface area contributed by atoms with E-state index in [9.17, 15) is 8.42 Å². The van der Waals surface area contributed by atoms with Crippen LogP contribution in [0, 0.1) is 0 Å². The van der Waals surface area contributed by atoms with E-state index in [2.05, 4.69) is 5.32 Å². The van der Waals surface area contributed by atoms with Crippen LogP contribution in [0.2, 0.25) is 5.02 Å². The Morgan fingerprint density at radius 3 is 2.47 bits per heavy atom. The average molecular weight is 305 g/mol. The highest BCUT2D eigenvalue weighted by Crippen LogP contribution is 2.27. The second kappa shape index (κ2) is 6.48. The summed E-state index contributed by atoms with van der Waals surface area (Å²) < 4.78 is 23.1. The van der Waals surface area contributed by atoms with E-state index in [1.165, 1.54) is 0 Å². The van der Waals surface area contributed by atoms with Gasteiger partial charge in [0.15, 0.2) is 9.84 Å². The summed E-state index contributed by atoms with van der Waals surface area (Å²) in [5.41, 5.74) is 1.76. The number of hydrogen-bond acceptors (Lipinski definition) is 4. The molecule has 0 spiro atoms. The molecule has 1 rings (SSSR count). The number of benzene rings is 1. The molecule has 0 aliphatic rings. The van der Waals surface area contributed by atoms with E-state index >= 15 is 0 Å². The molecular weight excluding hydrogens is 284 g/mol. The van der Waals surface area contributed by atoms with Crippen molar-refractivity contribution in [3.05, 3.63) is 23.2 Å². The van der Waals surface area contributed by atoms with Gasteiger partial charge in [-0.3, -0.25) is 0 Å². The molecule has 0 amide bonds. The van der Waals surface area contributed by atoms with Crippen LogP contribution in [0.4, 0.5) is 11.4 Å². The van der Waals surface area contributed by atoms with Gasteiger partial charge in [0.05, 0.1) is 16.5 Å². The van der Waals surface area contributed by atoms with E-state index in [4.69, 9.17) is 11.6 Å². The first-order chi connectivity index (χ1) is 8.75. The lowest BCUT2D eigenvalue weighted by Gasteiger charge is -2.18. The van der Waals surface area contributed by atoms with Crippen LogP contribution in [0.3, 0.4) is 0 Å². The Kier molecular flexibility index (Phi) is 5.50. The summed E-state index contributed by atoms with van der Waals surface area (Å²) in [5.74, 6) is 0.288. The Labute approximate surface area is 120 Å². The van der Waals surface area contributed by atoms with Gasteiger partial charge in [0.2, 0.25) is 0 Å². The minimum Gasteiger partial charge on any atom is -0.382 e. The van der Waals surface area contributed by atoms with E-state index in [1.54, 1.807) is 6.92 Å². The summed E-state index contributed by atoms with van der Waals surface area (Å²) in [6.45, 7) is 3.51. The molecule has 4 nitrogen and oxygen atoms in total. The minimum absolute atomic E-state index is 0.122. The van der Waals surface area contributed by atoms with Gasteiger partial charge in [-0.05, 0) is 25.1 Å². The largest absolute Gasteiger partial charge is 0.382 e. The van der Waals surface area contributed by atoms with Crippen LogP contribution in [0.5, 0.6) is 0 Å². The fourth-order valence-electron chi connectivity index (χ4n) is 1.78. The number of hydrogen-bond donors (Lipinski definition) is 1. The molecular formula is C13H21ClN2O2S. The second-order valence-electron chi connectivity index (χ2n) is 4.80. The van der Waals surface area contributed by atoms with E-state index in [-0.39, 0.29) is 17.5 Å². The van der Waals surface area contributed by atoms with Crippen molar-refractivity contribution < 1.29 is 8.42 Å². The Morgan fingerprint density at radius 1 is 1.37 bits per heavy atom. The molecule has 1 aromatic carbocycles. The van der Waals surface area contributed by atoms with E-state index in [1.807, 2.05) is 44.1 Å². The first kappa shape index (κ1) is 16.1. The Hall–Kier alpha value is -0.940. The lowest BCUT2D eigenvalue weighted by molar-refractivity contribution is 0.593. The molecule has 0 aromatic heterocycles. The maximum atomic E-state index is 11.5. The molecule has 0 bridgehead atoms. The van der Waals surface area contributed by atoms with Crippen molar-refractivity contribution in [3.63, 3.8) is 0 Å². The van der Waals surface area contributed by atoms with Gasteiger partial charge in [0.1, 0.15) is 0 Å². The predicted octanol–water partition coefficient (Wildman–Crippen LogP) is 2.64. The Bertz CT molecular complexity index is 529. The number of nitrogens with one attached hydrogen (secondary N) is 1. The van der Waals surface area contributed by atoms with E-state index in [0.29, 0.717) is 5.02 Å². The zero-order chi connectivity index (χ0) is 14.6. The first-order valence-corrected chi connectivity index (χ1v) is 8.39. The van der Waals surface area contributed by atoms with Gasteiger partial charge >= 0.3 is 0 Å². The zero-order valence-electron chi connectivity index (χ0n) is 11.8. The van der Waals surface area contributed by atoms with Crippen molar-refractivity contribution in [1.29, 1.82) is 0 Å². The SMILES string of the molecule is CCS(=O)(=O)CC(C)Nc1ccc(N(C)C)c(Cl)c1. The van der Waals surface area contributed by atoms with Gasteiger partial charge < -0.3 is 10.2 Å². The monoisotopic (exact) mass is 304 g/mol. The summed E-state index contributed by atoms with van der Waals surface area (Å²) >= 11 is 6.17. The third-order valence-electron chi connectivity index (χ3n) is 2.79. The smallest absolute Gasteiger partial charge is 0.152 e. The van der Waals surface area contributed by atoms with Crippen molar-refractivity contribution in [1.82, 2.24) is 0 Å². The van der Waals surface area contributed by atoms with Gasteiger partial charge in [-0.15, -0.1) is 0 Å². The van der Waals surface area contributed by atoms with Crippen LogP contribution in [0.15, 0.2) is 18.2 Å². The summed E-state index contributed by atoms with van der Waals surface area (Å²) in [5, 5.41) is 3.80. The number of halogens is 1. The lowest BCUT2D eigenvalue weighted by atomic mass is 10.2. The Morgan fingerprint density at radius 2 is 2.00 bits per heavy atom. The van der Waals surface area contributed by atoms with Gasteiger partial charge in [-0.2, -0.15) is 0 Å². The van der Waals surface area contributed by atoms with Crippen LogP contribution in [-0.2, 0) is 9.84 Å². The molecule has 1 unspecified atom stereocenters. The van der Waals surface area contributed by atoms with Crippen molar-refractivity contribution in [3.8, 4) is 0 Å². The molecule has 1 N–H and O–H groups in total. The topological polar surface area (TPSA) is 49.4 Å². The van der Waals surface area contributed by atoms with Crippen LogP contribution >= 0.6 is 11.6 Å². The van der Waals surface area contributed by atoms with Crippen molar-refractivity contribution in [2.45, 2.75) is 19.9 Å². The zero-order valence-corrected chi connectivity index (χ0v) is 13.3. The highest BCUT2D eigenvalue weighted by Gasteiger charge is 2.14. The minimum atomic E-state index is -2.97.